The second-order valence-electron chi connectivity index (χ2n) is 9.81. The number of imide groups is 1. The lowest BCUT2D eigenvalue weighted by Crippen LogP contribution is -2.36. The first-order chi connectivity index (χ1) is 16.8. The van der Waals surface area contributed by atoms with Gasteiger partial charge in [-0.1, -0.05) is 43.9 Å². The molecule has 35 heavy (non-hydrogen) atoms. The Hall–Kier alpha value is -2.46. The molecule has 3 fully saturated rings. The molecule has 0 spiro atoms. The first kappa shape index (κ1) is 25.6. The number of carbonyl (C=O) groups is 2. The third kappa shape index (κ3) is 7.04. The van der Waals surface area contributed by atoms with Crippen LogP contribution in [0.5, 0.6) is 5.75 Å². The summed E-state index contributed by atoms with van der Waals surface area (Å²) in [5.41, 5.74) is 0.00334. The zero-order valence-electron chi connectivity index (χ0n) is 19.9. The van der Waals surface area contributed by atoms with Gasteiger partial charge in [-0.05, 0) is 55.7 Å². The average Bonchev–Trinajstić information content (AvgIpc) is 3.56. The minimum Gasteiger partial charge on any atom is -0.490 e. The Labute approximate surface area is 206 Å². The van der Waals surface area contributed by atoms with Crippen LogP contribution in [0.1, 0.15) is 63.4 Å². The Balaban J connectivity index is 1.30. The fourth-order valence-corrected chi connectivity index (χ4v) is 6.21. The summed E-state index contributed by atoms with van der Waals surface area (Å²) >= 11 is 0. The van der Waals surface area contributed by atoms with E-state index in [2.05, 4.69) is 10.0 Å². The molecule has 1 saturated heterocycles. The molecule has 0 aromatic heterocycles. The van der Waals surface area contributed by atoms with E-state index < -0.39 is 27.4 Å². The van der Waals surface area contributed by atoms with Crippen molar-refractivity contribution < 1.29 is 27.1 Å². The molecular formula is C25H34FN3O5S. The summed E-state index contributed by atoms with van der Waals surface area (Å²) in [5, 5.41) is 2.19. The molecule has 8 nitrogen and oxygen atoms in total. The Morgan fingerprint density at radius 3 is 2.54 bits per heavy atom. The van der Waals surface area contributed by atoms with E-state index in [1.807, 2.05) is 0 Å². The van der Waals surface area contributed by atoms with Gasteiger partial charge in [-0.15, -0.1) is 0 Å². The number of nitrogens with zero attached hydrogens (tertiary/aromatic N) is 1. The third-order valence-electron chi connectivity index (χ3n) is 6.95. The van der Waals surface area contributed by atoms with E-state index >= 15 is 0 Å². The highest BCUT2D eigenvalue weighted by Gasteiger charge is 2.47. The maximum absolute atomic E-state index is 14.4. The highest BCUT2D eigenvalue weighted by molar-refractivity contribution is 7.89. The van der Waals surface area contributed by atoms with E-state index in [0.717, 1.165) is 18.4 Å². The topological polar surface area (TPSA) is 105 Å². The van der Waals surface area contributed by atoms with Crippen LogP contribution in [0.3, 0.4) is 0 Å². The Morgan fingerprint density at radius 1 is 1.14 bits per heavy atom. The quantitative estimate of drug-likeness (QED) is 0.271. The summed E-state index contributed by atoms with van der Waals surface area (Å²) < 4.78 is 48.5. The number of amides is 3. The van der Waals surface area contributed by atoms with Crippen LogP contribution in [0.2, 0.25) is 0 Å². The van der Waals surface area contributed by atoms with E-state index in [1.54, 1.807) is 24.3 Å². The van der Waals surface area contributed by atoms with Crippen LogP contribution in [-0.4, -0.2) is 50.7 Å². The van der Waals surface area contributed by atoms with Crippen LogP contribution in [0.4, 0.5) is 9.18 Å². The lowest BCUT2D eigenvalue weighted by Gasteiger charge is -2.20. The number of hydrogen-bond acceptors (Lipinski definition) is 5. The first-order valence-electron chi connectivity index (χ1n) is 12.4. The molecule has 1 aliphatic heterocycles. The first-order valence-corrected chi connectivity index (χ1v) is 14.1. The Kier molecular flexibility index (Phi) is 8.11. The molecule has 2 saturated carbocycles. The molecule has 1 aromatic carbocycles. The monoisotopic (exact) mass is 507 g/mol. The summed E-state index contributed by atoms with van der Waals surface area (Å²) in [6.07, 6.45) is 12.0. The van der Waals surface area contributed by atoms with Gasteiger partial charge in [0.25, 0.3) is 0 Å². The standard InChI is InChI=1S/C25H34FN3O5S/c26-21-11-10-20(16-22(21)34-18-19-8-4-1-2-5-9-19)25(12-13-25)28-35(32,33)15-7-3-6-14-29-17-23(30)27-24(29)31/h3,6,10-11,16,19,28H,1-2,4-5,7-9,12-15,17-18H2,(H,27,30,31)/b6-3+. The van der Waals surface area contributed by atoms with Crippen molar-refractivity contribution in [2.24, 2.45) is 5.92 Å². The van der Waals surface area contributed by atoms with Crippen molar-refractivity contribution in [1.29, 1.82) is 0 Å². The number of halogens is 1. The number of carbonyl (C=O) groups excluding carboxylic acids is 2. The van der Waals surface area contributed by atoms with E-state index in [4.69, 9.17) is 4.74 Å². The maximum Gasteiger partial charge on any atom is 0.324 e. The molecular weight excluding hydrogens is 473 g/mol. The van der Waals surface area contributed by atoms with Crippen molar-refractivity contribution in [3.8, 4) is 5.75 Å². The molecule has 1 aromatic rings. The van der Waals surface area contributed by atoms with Crippen LogP contribution >= 0.6 is 0 Å². The van der Waals surface area contributed by atoms with Gasteiger partial charge in [0, 0.05) is 6.54 Å². The number of benzene rings is 1. The van der Waals surface area contributed by atoms with Crippen LogP contribution in [0.25, 0.3) is 0 Å². The molecule has 4 rings (SSSR count). The lowest BCUT2D eigenvalue weighted by molar-refractivity contribution is -0.118. The van der Waals surface area contributed by atoms with E-state index in [0.29, 0.717) is 25.4 Å². The lowest BCUT2D eigenvalue weighted by atomic mass is 10.0. The molecule has 3 amide bonds. The molecule has 2 aliphatic carbocycles. The third-order valence-corrected chi connectivity index (χ3v) is 8.42. The zero-order valence-corrected chi connectivity index (χ0v) is 20.7. The van der Waals surface area contributed by atoms with Gasteiger partial charge in [-0.2, -0.15) is 0 Å². The number of ether oxygens (including phenoxy) is 1. The van der Waals surface area contributed by atoms with Gasteiger partial charge in [0.1, 0.15) is 6.54 Å². The average molecular weight is 508 g/mol. The summed E-state index contributed by atoms with van der Waals surface area (Å²) in [5.74, 6) is -0.266. The number of hydrogen-bond donors (Lipinski definition) is 2. The Morgan fingerprint density at radius 2 is 1.89 bits per heavy atom. The van der Waals surface area contributed by atoms with Crippen LogP contribution in [-0.2, 0) is 20.4 Å². The van der Waals surface area contributed by atoms with Gasteiger partial charge in [-0.3, -0.25) is 10.1 Å². The van der Waals surface area contributed by atoms with Gasteiger partial charge >= 0.3 is 6.03 Å². The SMILES string of the molecule is O=C1CN(C/C=C/CCS(=O)(=O)NC2(c3ccc(F)c(OCC4CCCCCC4)c3)CC2)C(=O)N1. The molecule has 10 heteroatoms. The fraction of sp³-hybridized carbons (Fsp3) is 0.600. The summed E-state index contributed by atoms with van der Waals surface area (Å²) in [6, 6.07) is 4.19. The molecule has 192 valence electrons. The van der Waals surface area contributed by atoms with E-state index in [9.17, 15) is 22.4 Å². The van der Waals surface area contributed by atoms with Gasteiger partial charge < -0.3 is 9.64 Å². The van der Waals surface area contributed by atoms with E-state index in [1.165, 1.54) is 36.6 Å². The highest BCUT2D eigenvalue weighted by atomic mass is 32.2. The molecule has 0 unspecified atom stereocenters. The summed E-state index contributed by atoms with van der Waals surface area (Å²) in [7, 11) is -3.58. The van der Waals surface area contributed by atoms with Crippen molar-refractivity contribution in [2.75, 3.05) is 25.4 Å². The van der Waals surface area contributed by atoms with Crippen LogP contribution in [0.15, 0.2) is 30.4 Å². The number of urea groups is 1. The molecule has 0 bridgehead atoms. The van der Waals surface area contributed by atoms with Crippen LogP contribution < -0.4 is 14.8 Å². The van der Waals surface area contributed by atoms with Gasteiger partial charge in [0.15, 0.2) is 11.6 Å². The second kappa shape index (κ2) is 11.1. The fourth-order valence-electron chi connectivity index (χ4n) is 4.75. The minimum absolute atomic E-state index is 0.00950. The minimum atomic E-state index is -3.58. The smallest absolute Gasteiger partial charge is 0.324 e. The predicted molar refractivity (Wildman–Crippen MR) is 130 cm³/mol. The molecule has 1 heterocycles. The van der Waals surface area contributed by atoms with Crippen molar-refractivity contribution in [3.05, 3.63) is 41.7 Å². The number of allylic oxidation sites excluding steroid dienone is 1. The highest BCUT2D eigenvalue weighted by Crippen LogP contribution is 2.47. The number of nitrogens with one attached hydrogen (secondary N) is 2. The van der Waals surface area contributed by atoms with Crippen molar-refractivity contribution in [2.45, 2.75) is 63.3 Å². The molecule has 0 radical (unpaired) electrons. The summed E-state index contributed by atoms with van der Waals surface area (Å²) in [4.78, 5) is 24.0. The molecule has 2 N–H and O–H groups in total. The zero-order chi connectivity index (χ0) is 24.9. The van der Waals surface area contributed by atoms with Crippen molar-refractivity contribution in [1.82, 2.24) is 14.9 Å². The second-order valence-corrected chi connectivity index (χ2v) is 11.7. The molecule has 0 atom stereocenters. The van der Waals surface area contributed by atoms with Gasteiger partial charge in [0.2, 0.25) is 15.9 Å². The van der Waals surface area contributed by atoms with Crippen LogP contribution in [0, 0.1) is 11.7 Å². The summed E-state index contributed by atoms with van der Waals surface area (Å²) in [6.45, 7) is 0.739. The molecule has 3 aliphatic rings. The van der Waals surface area contributed by atoms with E-state index in [-0.39, 0.29) is 36.9 Å². The number of sulfonamides is 1. The normalized spacial score (nSPS) is 20.8. The number of rotatable bonds is 11. The largest absolute Gasteiger partial charge is 0.490 e. The Bertz CT molecular complexity index is 1060. The van der Waals surface area contributed by atoms with Gasteiger partial charge in [0.05, 0.1) is 17.9 Å². The van der Waals surface area contributed by atoms with Crippen molar-refractivity contribution in [3.63, 3.8) is 0 Å². The predicted octanol–water partition coefficient (Wildman–Crippen LogP) is 3.58. The van der Waals surface area contributed by atoms with Crippen molar-refractivity contribution >= 4 is 22.0 Å². The maximum atomic E-state index is 14.4. The van der Waals surface area contributed by atoms with Gasteiger partial charge in [-0.25, -0.2) is 22.3 Å².